The van der Waals surface area contributed by atoms with Gasteiger partial charge in [0.1, 0.15) is 30.8 Å². The van der Waals surface area contributed by atoms with Gasteiger partial charge in [0.15, 0.2) is 0 Å². The standard InChI is InChI=1S/C27H32N2O3/c1-27(2,3)19-11-13-21(14-12-19)31-16-15-28-17-20(30)18-32-25-10-6-9-24-26(25)22-7-4-5-8-23(22)29-24/h4-14,20,28-30H,15-18H2,1-3H3. The quantitative estimate of drug-likeness (QED) is 0.325. The lowest BCUT2D eigenvalue weighted by Gasteiger charge is -2.19. The fraction of sp³-hybridized carbons (Fsp3) is 0.333. The number of benzene rings is 3. The minimum Gasteiger partial charge on any atom is -0.492 e. The van der Waals surface area contributed by atoms with Gasteiger partial charge in [-0.15, -0.1) is 0 Å². The molecule has 1 heterocycles. The number of ether oxygens (including phenoxy) is 2. The van der Waals surface area contributed by atoms with Crippen LogP contribution in [0, 0.1) is 0 Å². The molecule has 3 N–H and O–H groups in total. The molecule has 0 aliphatic rings. The van der Waals surface area contributed by atoms with E-state index in [1.807, 2.05) is 42.5 Å². The van der Waals surface area contributed by atoms with E-state index in [-0.39, 0.29) is 12.0 Å². The first kappa shape index (κ1) is 22.2. The Hall–Kier alpha value is -3.02. The van der Waals surface area contributed by atoms with E-state index in [0.717, 1.165) is 33.3 Å². The highest BCUT2D eigenvalue weighted by Crippen LogP contribution is 2.33. The summed E-state index contributed by atoms with van der Waals surface area (Å²) < 4.78 is 11.8. The van der Waals surface area contributed by atoms with Crippen LogP contribution in [0.5, 0.6) is 11.5 Å². The Kier molecular flexibility index (Phi) is 6.68. The Labute approximate surface area is 189 Å². The van der Waals surface area contributed by atoms with Gasteiger partial charge < -0.3 is 24.9 Å². The predicted molar refractivity (Wildman–Crippen MR) is 131 cm³/mol. The fourth-order valence-corrected chi connectivity index (χ4v) is 3.79. The summed E-state index contributed by atoms with van der Waals surface area (Å²) in [4.78, 5) is 3.41. The molecule has 1 atom stereocenters. The van der Waals surface area contributed by atoms with Crippen LogP contribution in [0.25, 0.3) is 21.8 Å². The zero-order chi connectivity index (χ0) is 22.6. The third-order valence-electron chi connectivity index (χ3n) is 5.57. The molecule has 0 saturated carbocycles. The van der Waals surface area contributed by atoms with E-state index in [9.17, 15) is 5.11 Å². The Morgan fingerprint density at radius 1 is 0.906 bits per heavy atom. The van der Waals surface area contributed by atoms with Crippen LogP contribution >= 0.6 is 0 Å². The summed E-state index contributed by atoms with van der Waals surface area (Å²) in [5.41, 5.74) is 3.53. The summed E-state index contributed by atoms with van der Waals surface area (Å²) in [5.74, 6) is 1.64. The van der Waals surface area contributed by atoms with Crippen LogP contribution in [0.15, 0.2) is 66.7 Å². The molecule has 168 valence electrons. The van der Waals surface area contributed by atoms with Crippen LogP contribution in [0.4, 0.5) is 0 Å². The average Bonchev–Trinajstić information content (AvgIpc) is 3.16. The lowest BCUT2D eigenvalue weighted by molar-refractivity contribution is 0.106. The van der Waals surface area contributed by atoms with Crippen molar-refractivity contribution in [2.24, 2.45) is 0 Å². The minimum atomic E-state index is -0.610. The maximum absolute atomic E-state index is 10.3. The van der Waals surface area contributed by atoms with Gasteiger partial charge in [0.2, 0.25) is 0 Å². The molecule has 0 spiro atoms. The summed E-state index contributed by atoms with van der Waals surface area (Å²) in [6.07, 6.45) is -0.610. The van der Waals surface area contributed by atoms with Gasteiger partial charge in [0, 0.05) is 29.4 Å². The van der Waals surface area contributed by atoms with Gasteiger partial charge in [-0.25, -0.2) is 0 Å². The number of nitrogens with one attached hydrogen (secondary N) is 2. The molecule has 32 heavy (non-hydrogen) atoms. The van der Waals surface area contributed by atoms with Crippen molar-refractivity contribution >= 4 is 21.8 Å². The van der Waals surface area contributed by atoms with Gasteiger partial charge in [-0.3, -0.25) is 0 Å². The second kappa shape index (κ2) is 9.63. The van der Waals surface area contributed by atoms with E-state index in [4.69, 9.17) is 9.47 Å². The first-order chi connectivity index (χ1) is 15.4. The minimum absolute atomic E-state index is 0.137. The number of H-pyrrole nitrogens is 1. The van der Waals surface area contributed by atoms with E-state index in [2.05, 4.69) is 55.3 Å². The molecule has 1 unspecified atom stereocenters. The first-order valence-corrected chi connectivity index (χ1v) is 11.2. The molecule has 3 aromatic carbocycles. The first-order valence-electron chi connectivity index (χ1n) is 11.2. The molecule has 0 fully saturated rings. The number of aliphatic hydroxyl groups excluding tert-OH is 1. The van der Waals surface area contributed by atoms with E-state index < -0.39 is 6.10 Å². The Bertz CT molecular complexity index is 1160. The highest BCUT2D eigenvalue weighted by molar-refractivity contribution is 6.10. The molecule has 0 aliphatic heterocycles. The van der Waals surface area contributed by atoms with E-state index >= 15 is 0 Å². The van der Waals surface area contributed by atoms with E-state index in [0.29, 0.717) is 19.7 Å². The van der Waals surface area contributed by atoms with Gasteiger partial charge in [-0.2, -0.15) is 0 Å². The van der Waals surface area contributed by atoms with Crippen LogP contribution in [-0.4, -0.2) is 42.5 Å². The highest BCUT2D eigenvalue weighted by atomic mass is 16.5. The van der Waals surface area contributed by atoms with E-state index in [1.165, 1.54) is 5.56 Å². The number of fused-ring (bicyclic) bond motifs is 3. The topological polar surface area (TPSA) is 66.5 Å². The van der Waals surface area contributed by atoms with Gasteiger partial charge in [-0.1, -0.05) is 57.2 Å². The summed E-state index contributed by atoms with van der Waals surface area (Å²) in [5, 5.41) is 15.7. The maximum atomic E-state index is 10.3. The van der Waals surface area contributed by atoms with Crippen molar-refractivity contribution < 1.29 is 14.6 Å². The SMILES string of the molecule is CC(C)(C)c1ccc(OCCNCC(O)COc2cccc3[nH]c4ccccc4c23)cc1. The number of aromatic nitrogens is 1. The molecular weight excluding hydrogens is 400 g/mol. The van der Waals surface area contributed by atoms with Crippen molar-refractivity contribution in [2.75, 3.05) is 26.3 Å². The number of hydrogen-bond donors (Lipinski definition) is 3. The van der Waals surface area contributed by atoms with Crippen molar-refractivity contribution in [3.8, 4) is 11.5 Å². The summed E-state index contributed by atoms with van der Waals surface area (Å²) in [6.45, 7) is 8.44. The monoisotopic (exact) mass is 432 g/mol. The summed E-state index contributed by atoms with van der Waals surface area (Å²) >= 11 is 0. The lowest BCUT2D eigenvalue weighted by Crippen LogP contribution is -2.33. The van der Waals surface area contributed by atoms with Gasteiger partial charge >= 0.3 is 0 Å². The van der Waals surface area contributed by atoms with Crippen molar-refractivity contribution in [2.45, 2.75) is 32.3 Å². The second-order valence-electron chi connectivity index (χ2n) is 9.14. The van der Waals surface area contributed by atoms with Crippen molar-refractivity contribution in [3.05, 3.63) is 72.3 Å². The van der Waals surface area contributed by atoms with E-state index in [1.54, 1.807) is 0 Å². The van der Waals surface area contributed by atoms with Gasteiger partial charge in [0.25, 0.3) is 0 Å². The zero-order valence-electron chi connectivity index (χ0n) is 19.0. The van der Waals surface area contributed by atoms with Crippen LogP contribution in [0.1, 0.15) is 26.3 Å². The molecule has 0 amide bonds. The molecule has 1 aromatic heterocycles. The molecule has 0 radical (unpaired) electrons. The van der Waals surface area contributed by atoms with Crippen LogP contribution in [-0.2, 0) is 5.41 Å². The summed E-state index contributed by atoms with van der Waals surface area (Å²) in [7, 11) is 0. The molecular formula is C27H32N2O3. The molecule has 0 aliphatic carbocycles. The normalized spacial score (nSPS) is 12.9. The Morgan fingerprint density at radius 2 is 1.66 bits per heavy atom. The lowest BCUT2D eigenvalue weighted by atomic mass is 9.87. The number of aliphatic hydroxyl groups is 1. The van der Waals surface area contributed by atoms with Gasteiger partial charge in [-0.05, 0) is 41.3 Å². The molecule has 5 nitrogen and oxygen atoms in total. The average molecular weight is 433 g/mol. The molecule has 4 rings (SSSR count). The highest BCUT2D eigenvalue weighted by Gasteiger charge is 2.13. The predicted octanol–water partition coefficient (Wildman–Crippen LogP) is 5.03. The smallest absolute Gasteiger partial charge is 0.129 e. The number of aromatic amines is 1. The Balaban J connectivity index is 1.22. The largest absolute Gasteiger partial charge is 0.492 e. The van der Waals surface area contributed by atoms with Gasteiger partial charge in [0.05, 0.1) is 5.52 Å². The third-order valence-corrected chi connectivity index (χ3v) is 5.57. The fourth-order valence-electron chi connectivity index (χ4n) is 3.79. The van der Waals surface area contributed by atoms with Crippen molar-refractivity contribution in [1.82, 2.24) is 10.3 Å². The molecule has 5 heteroatoms. The molecule has 0 saturated heterocycles. The number of rotatable bonds is 9. The maximum Gasteiger partial charge on any atom is 0.129 e. The second-order valence-corrected chi connectivity index (χ2v) is 9.14. The molecule has 4 aromatic rings. The van der Waals surface area contributed by atoms with Crippen LogP contribution in [0.3, 0.4) is 0 Å². The zero-order valence-corrected chi connectivity index (χ0v) is 19.0. The molecule has 0 bridgehead atoms. The number of para-hydroxylation sites is 1. The van der Waals surface area contributed by atoms with Crippen molar-refractivity contribution in [1.29, 1.82) is 0 Å². The Morgan fingerprint density at radius 3 is 2.44 bits per heavy atom. The van der Waals surface area contributed by atoms with Crippen LogP contribution < -0.4 is 14.8 Å². The third kappa shape index (κ3) is 5.23. The number of hydrogen-bond acceptors (Lipinski definition) is 4. The summed E-state index contributed by atoms with van der Waals surface area (Å²) in [6, 6.07) is 22.3. The van der Waals surface area contributed by atoms with Crippen molar-refractivity contribution in [3.63, 3.8) is 0 Å². The van der Waals surface area contributed by atoms with Crippen LogP contribution in [0.2, 0.25) is 0 Å².